The third-order valence-electron chi connectivity index (χ3n) is 4.83. The summed E-state index contributed by atoms with van der Waals surface area (Å²) in [5.74, 6) is 1.48. The second-order valence-electron chi connectivity index (χ2n) is 7.29. The van der Waals surface area contributed by atoms with E-state index in [0.717, 1.165) is 12.0 Å². The zero-order chi connectivity index (χ0) is 19.9. The number of rotatable bonds is 10. The van der Waals surface area contributed by atoms with E-state index in [0.29, 0.717) is 11.5 Å². The van der Waals surface area contributed by atoms with Crippen LogP contribution in [0.15, 0.2) is 48.3 Å². The lowest BCUT2D eigenvalue weighted by molar-refractivity contribution is 0.0567. The Balaban J connectivity index is 1.94. The maximum Gasteiger partial charge on any atom is 0.119 e. The average Bonchev–Trinajstić information content (AvgIpc) is 2.70. The van der Waals surface area contributed by atoms with E-state index in [9.17, 15) is 19.0 Å². The summed E-state index contributed by atoms with van der Waals surface area (Å²) in [6, 6.07) is 7.57. The van der Waals surface area contributed by atoms with Gasteiger partial charge >= 0.3 is 0 Å². The third-order valence-corrected chi connectivity index (χ3v) is 4.83. The maximum atomic E-state index is 12.3. The quantitative estimate of drug-likeness (QED) is 0.651. The number of alkyl halides is 2. The zero-order valence-electron chi connectivity index (χ0n) is 15.8. The van der Waals surface area contributed by atoms with Crippen LogP contribution < -0.4 is 4.74 Å². The fraction of sp³-hybridized carbons (Fsp3) is 0.524. The van der Waals surface area contributed by atoms with Crippen molar-refractivity contribution in [2.45, 2.75) is 37.9 Å². The minimum atomic E-state index is -1.11. The van der Waals surface area contributed by atoms with Gasteiger partial charge in [0.2, 0.25) is 0 Å². The van der Waals surface area contributed by atoms with Gasteiger partial charge in [-0.05, 0) is 47.6 Å². The number of allylic oxidation sites excluding steroid dienone is 3. The molecule has 0 spiro atoms. The van der Waals surface area contributed by atoms with Gasteiger partial charge in [-0.15, -0.1) is 0 Å². The number of aliphatic hydroxyl groups excluding tert-OH is 2. The van der Waals surface area contributed by atoms with Gasteiger partial charge in [-0.25, -0.2) is 8.78 Å². The summed E-state index contributed by atoms with van der Waals surface area (Å²) in [7, 11) is 0. The lowest BCUT2D eigenvalue weighted by Crippen LogP contribution is -2.28. The highest BCUT2D eigenvalue weighted by Gasteiger charge is 2.30. The lowest BCUT2D eigenvalue weighted by atomic mass is 9.71. The predicted octanol–water partition coefficient (Wildman–Crippen LogP) is 3.48. The first-order valence-electron chi connectivity index (χ1n) is 9.09. The van der Waals surface area contributed by atoms with E-state index in [4.69, 9.17) is 9.47 Å². The molecule has 2 rings (SSSR count). The monoisotopic (exact) mass is 382 g/mol. The first-order chi connectivity index (χ1) is 12.9. The van der Waals surface area contributed by atoms with Gasteiger partial charge in [0, 0.05) is 0 Å². The second kappa shape index (κ2) is 9.85. The molecule has 1 aliphatic rings. The standard InChI is InChI=1S/C21H28F2O4/c1-21(2,15-3-7-19(8-4-15)26-13-17(24)11-22)16-5-9-20(10-6-16)27-14-18(25)12-23/h3-5,7-10,16-18,24-25H,6,11-14H2,1-2H3. The molecule has 0 aromatic heterocycles. The van der Waals surface area contributed by atoms with E-state index in [1.165, 1.54) is 0 Å². The molecule has 1 aromatic rings. The molecule has 3 atom stereocenters. The number of hydrogen-bond acceptors (Lipinski definition) is 4. The first kappa shape index (κ1) is 21.4. The van der Waals surface area contributed by atoms with Crippen LogP contribution in [-0.2, 0) is 10.2 Å². The van der Waals surface area contributed by atoms with E-state index in [2.05, 4.69) is 19.9 Å². The highest BCUT2D eigenvalue weighted by atomic mass is 19.1. The summed E-state index contributed by atoms with van der Waals surface area (Å²) in [6.45, 7) is 2.52. The van der Waals surface area contributed by atoms with Crippen molar-refractivity contribution in [1.29, 1.82) is 0 Å². The van der Waals surface area contributed by atoms with Crippen molar-refractivity contribution in [2.75, 3.05) is 26.6 Å². The Morgan fingerprint density at radius 3 is 2.15 bits per heavy atom. The molecule has 2 N–H and O–H groups in total. The molecule has 1 aliphatic carbocycles. The van der Waals surface area contributed by atoms with Crippen LogP contribution in [0.25, 0.3) is 0 Å². The number of aliphatic hydroxyl groups is 2. The van der Waals surface area contributed by atoms with Gasteiger partial charge in [0.05, 0.1) is 0 Å². The molecule has 150 valence electrons. The fourth-order valence-electron chi connectivity index (χ4n) is 2.91. The smallest absolute Gasteiger partial charge is 0.119 e. The molecule has 6 heteroatoms. The summed E-state index contributed by atoms with van der Waals surface area (Å²) in [5.41, 5.74) is 0.981. The molecule has 4 nitrogen and oxygen atoms in total. The van der Waals surface area contributed by atoms with Crippen molar-refractivity contribution in [3.63, 3.8) is 0 Å². The fourth-order valence-corrected chi connectivity index (χ4v) is 2.91. The summed E-state index contributed by atoms with van der Waals surface area (Å²) in [6.07, 6.45) is 4.44. The summed E-state index contributed by atoms with van der Waals surface area (Å²) in [5, 5.41) is 18.5. The van der Waals surface area contributed by atoms with Crippen LogP contribution in [0.5, 0.6) is 5.75 Å². The minimum absolute atomic E-state index is 0.0563. The molecule has 3 unspecified atom stereocenters. The molecule has 0 amide bonds. The van der Waals surface area contributed by atoms with Crippen LogP contribution in [0, 0.1) is 5.92 Å². The molecule has 0 radical (unpaired) electrons. The first-order valence-corrected chi connectivity index (χ1v) is 9.09. The van der Waals surface area contributed by atoms with E-state index in [1.54, 1.807) is 0 Å². The lowest BCUT2D eigenvalue weighted by Gasteiger charge is -2.34. The minimum Gasteiger partial charge on any atom is -0.491 e. The van der Waals surface area contributed by atoms with Crippen LogP contribution in [-0.4, -0.2) is 49.0 Å². The predicted molar refractivity (Wildman–Crippen MR) is 100 cm³/mol. The molecule has 0 saturated heterocycles. The average molecular weight is 382 g/mol. The summed E-state index contributed by atoms with van der Waals surface area (Å²) < 4.78 is 35.3. The van der Waals surface area contributed by atoms with Crippen molar-refractivity contribution in [1.82, 2.24) is 0 Å². The Morgan fingerprint density at radius 2 is 1.63 bits per heavy atom. The third kappa shape index (κ3) is 6.04. The molecule has 0 saturated carbocycles. The van der Waals surface area contributed by atoms with E-state index in [1.807, 2.05) is 36.4 Å². The van der Waals surface area contributed by atoms with Crippen LogP contribution >= 0.6 is 0 Å². The number of benzene rings is 1. The van der Waals surface area contributed by atoms with E-state index in [-0.39, 0.29) is 24.5 Å². The topological polar surface area (TPSA) is 58.9 Å². The Kier molecular flexibility index (Phi) is 7.80. The van der Waals surface area contributed by atoms with Crippen molar-refractivity contribution in [3.05, 3.63) is 53.8 Å². The SMILES string of the molecule is CC(C)(c1ccc(OCC(O)CF)cc1)C1C=CC(OCC(O)CF)=CC1. The highest BCUT2D eigenvalue weighted by Crippen LogP contribution is 2.37. The van der Waals surface area contributed by atoms with Crippen LogP contribution in [0.3, 0.4) is 0 Å². The van der Waals surface area contributed by atoms with E-state index >= 15 is 0 Å². The maximum absolute atomic E-state index is 12.3. The van der Waals surface area contributed by atoms with Gasteiger partial charge in [-0.3, -0.25) is 0 Å². The Hall–Kier alpha value is -1.92. The summed E-state index contributed by atoms with van der Waals surface area (Å²) in [4.78, 5) is 0. The van der Waals surface area contributed by atoms with Crippen molar-refractivity contribution < 1.29 is 28.5 Å². The van der Waals surface area contributed by atoms with Gasteiger partial charge in [0.1, 0.15) is 50.3 Å². The molecular formula is C21H28F2O4. The molecule has 0 bridgehead atoms. The van der Waals surface area contributed by atoms with Crippen molar-refractivity contribution >= 4 is 0 Å². The van der Waals surface area contributed by atoms with Crippen LogP contribution in [0.4, 0.5) is 8.78 Å². The van der Waals surface area contributed by atoms with Crippen molar-refractivity contribution in [2.24, 2.45) is 5.92 Å². The van der Waals surface area contributed by atoms with Crippen molar-refractivity contribution in [3.8, 4) is 5.75 Å². The highest BCUT2D eigenvalue weighted by molar-refractivity contribution is 5.34. The largest absolute Gasteiger partial charge is 0.491 e. The molecule has 0 fully saturated rings. The number of hydrogen-bond donors (Lipinski definition) is 2. The van der Waals surface area contributed by atoms with Crippen LogP contribution in [0.1, 0.15) is 25.8 Å². The van der Waals surface area contributed by atoms with Gasteiger partial charge in [0.25, 0.3) is 0 Å². The van der Waals surface area contributed by atoms with Crippen LogP contribution in [0.2, 0.25) is 0 Å². The zero-order valence-corrected chi connectivity index (χ0v) is 15.8. The number of halogens is 2. The molecule has 0 aliphatic heterocycles. The Labute approximate surface area is 159 Å². The Bertz CT molecular complexity index is 640. The Morgan fingerprint density at radius 1 is 1.04 bits per heavy atom. The van der Waals surface area contributed by atoms with Gasteiger partial charge in [0.15, 0.2) is 0 Å². The molecule has 1 aromatic carbocycles. The number of ether oxygens (including phenoxy) is 2. The molecule has 27 heavy (non-hydrogen) atoms. The normalized spacial score (nSPS) is 19.3. The van der Waals surface area contributed by atoms with Gasteiger partial charge in [-0.1, -0.05) is 32.1 Å². The summed E-state index contributed by atoms with van der Waals surface area (Å²) >= 11 is 0. The van der Waals surface area contributed by atoms with Gasteiger partial charge < -0.3 is 19.7 Å². The second-order valence-corrected chi connectivity index (χ2v) is 7.29. The van der Waals surface area contributed by atoms with Gasteiger partial charge in [-0.2, -0.15) is 0 Å². The van der Waals surface area contributed by atoms with E-state index < -0.39 is 25.6 Å². The molecule has 0 heterocycles. The molecular weight excluding hydrogens is 354 g/mol.